The minimum absolute atomic E-state index is 0.0743. The maximum Gasteiger partial charge on any atom is 0.238 e. The Morgan fingerprint density at radius 3 is 2.63 bits per heavy atom. The molecule has 0 bridgehead atoms. The molecule has 1 fully saturated rings. The minimum atomic E-state index is -0.0743. The number of benzene rings is 1. The lowest BCUT2D eigenvalue weighted by Gasteiger charge is -2.22. The summed E-state index contributed by atoms with van der Waals surface area (Å²) >= 11 is 11.8. The van der Waals surface area contributed by atoms with Crippen molar-refractivity contribution in [1.82, 2.24) is 5.32 Å². The maximum atomic E-state index is 11.8. The van der Waals surface area contributed by atoms with Gasteiger partial charge in [0, 0.05) is 11.1 Å². The van der Waals surface area contributed by atoms with E-state index in [9.17, 15) is 4.79 Å². The number of hydrogen-bond acceptors (Lipinski definition) is 2. The summed E-state index contributed by atoms with van der Waals surface area (Å²) in [5.74, 6) is -0.0743. The first-order valence-corrected chi connectivity index (χ1v) is 7.39. The summed E-state index contributed by atoms with van der Waals surface area (Å²) in [6, 6.07) is 5.51. The summed E-state index contributed by atoms with van der Waals surface area (Å²) in [7, 11) is 0. The Kier molecular flexibility index (Phi) is 5.49. The first-order chi connectivity index (χ1) is 9.15. The second-order valence-electron chi connectivity index (χ2n) is 4.89. The van der Waals surface area contributed by atoms with E-state index in [0.29, 0.717) is 28.3 Å². The van der Waals surface area contributed by atoms with Crippen LogP contribution in [0.1, 0.15) is 32.1 Å². The van der Waals surface area contributed by atoms with Gasteiger partial charge in [-0.25, -0.2) is 0 Å². The highest BCUT2D eigenvalue weighted by Crippen LogP contribution is 2.25. The first kappa shape index (κ1) is 14.6. The molecule has 0 heterocycles. The molecule has 0 aliphatic heterocycles. The van der Waals surface area contributed by atoms with E-state index in [2.05, 4.69) is 10.6 Å². The highest BCUT2D eigenvalue weighted by Gasteiger charge is 2.14. The molecule has 1 aromatic rings. The zero-order valence-corrected chi connectivity index (χ0v) is 12.2. The molecule has 1 aliphatic carbocycles. The van der Waals surface area contributed by atoms with Crippen LogP contribution in [0.3, 0.4) is 0 Å². The molecular weight excluding hydrogens is 283 g/mol. The molecule has 0 radical (unpaired) electrons. The number of anilines is 1. The number of rotatable bonds is 4. The molecule has 5 heteroatoms. The second kappa shape index (κ2) is 7.13. The minimum Gasteiger partial charge on any atom is -0.324 e. The quantitative estimate of drug-likeness (QED) is 0.886. The third-order valence-corrected chi connectivity index (χ3v) is 3.91. The van der Waals surface area contributed by atoms with Gasteiger partial charge in [0.05, 0.1) is 17.3 Å². The van der Waals surface area contributed by atoms with E-state index in [1.807, 2.05) is 0 Å². The Bertz CT molecular complexity index is 445. The molecule has 0 saturated heterocycles. The Hall–Kier alpha value is -0.770. The Morgan fingerprint density at radius 2 is 1.95 bits per heavy atom. The van der Waals surface area contributed by atoms with Crippen molar-refractivity contribution in [3.05, 3.63) is 28.2 Å². The molecule has 1 saturated carbocycles. The maximum absolute atomic E-state index is 11.8. The molecule has 19 heavy (non-hydrogen) atoms. The molecule has 2 rings (SSSR count). The third kappa shape index (κ3) is 4.68. The molecule has 0 unspecified atom stereocenters. The van der Waals surface area contributed by atoms with Gasteiger partial charge in [-0.05, 0) is 31.0 Å². The lowest BCUT2D eigenvalue weighted by atomic mass is 9.95. The topological polar surface area (TPSA) is 41.1 Å². The molecule has 3 nitrogen and oxygen atoms in total. The van der Waals surface area contributed by atoms with Crippen molar-refractivity contribution in [3.8, 4) is 0 Å². The van der Waals surface area contributed by atoms with E-state index in [-0.39, 0.29) is 5.91 Å². The van der Waals surface area contributed by atoms with E-state index < -0.39 is 0 Å². The first-order valence-electron chi connectivity index (χ1n) is 6.63. The van der Waals surface area contributed by atoms with E-state index >= 15 is 0 Å². The number of carbonyl (C=O) groups is 1. The lowest BCUT2D eigenvalue weighted by molar-refractivity contribution is -0.115. The summed E-state index contributed by atoms with van der Waals surface area (Å²) < 4.78 is 0. The zero-order valence-electron chi connectivity index (χ0n) is 10.7. The van der Waals surface area contributed by atoms with Crippen LogP contribution in [0, 0.1) is 0 Å². The Morgan fingerprint density at radius 1 is 1.21 bits per heavy atom. The van der Waals surface area contributed by atoms with Crippen LogP contribution >= 0.6 is 23.2 Å². The van der Waals surface area contributed by atoms with Crippen molar-refractivity contribution in [2.45, 2.75) is 38.1 Å². The van der Waals surface area contributed by atoms with Crippen LogP contribution in [0.25, 0.3) is 0 Å². The monoisotopic (exact) mass is 300 g/mol. The van der Waals surface area contributed by atoms with Crippen LogP contribution < -0.4 is 10.6 Å². The molecule has 0 atom stereocenters. The van der Waals surface area contributed by atoms with Gasteiger partial charge in [-0.15, -0.1) is 0 Å². The van der Waals surface area contributed by atoms with Crippen molar-refractivity contribution in [2.75, 3.05) is 11.9 Å². The van der Waals surface area contributed by atoms with Gasteiger partial charge < -0.3 is 10.6 Å². The van der Waals surface area contributed by atoms with Gasteiger partial charge in [0.2, 0.25) is 5.91 Å². The van der Waals surface area contributed by atoms with Crippen molar-refractivity contribution in [3.63, 3.8) is 0 Å². The van der Waals surface area contributed by atoms with Gasteiger partial charge in [-0.1, -0.05) is 42.5 Å². The van der Waals surface area contributed by atoms with Crippen LogP contribution in [0.2, 0.25) is 10.0 Å². The standard InChI is InChI=1S/C14H18Cl2N2O/c15-10-6-7-13(12(16)8-10)18-14(19)9-17-11-4-2-1-3-5-11/h6-8,11,17H,1-5,9H2,(H,18,19). The lowest BCUT2D eigenvalue weighted by Crippen LogP contribution is -2.37. The Balaban J connectivity index is 1.80. The largest absolute Gasteiger partial charge is 0.324 e. The average molecular weight is 301 g/mol. The van der Waals surface area contributed by atoms with Crippen LogP contribution in [-0.4, -0.2) is 18.5 Å². The molecular formula is C14H18Cl2N2O. The molecule has 104 valence electrons. The smallest absolute Gasteiger partial charge is 0.238 e. The summed E-state index contributed by atoms with van der Waals surface area (Å²) in [5, 5.41) is 7.09. The van der Waals surface area contributed by atoms with Crippen molar-refractivity contribution in [2.24, 2.45) is 0 Å². The van der Waals surface area contributed by atoms with Gasteiger partial charge in [-0.2, -0.15) is 0 Å². The highest BCUT2D eigenvalue weighted by molar-refractivity contribution is 6.36. The summed E-state index contributed by atoms with van der Waals surface area (Å²) in [4.78, 5) is 11.8. The van der Waals surface area contributed by atoms with E-state index in [1.54, 1.807) is 18.2 Å². The van der Waals surface area contributed by atoms with E-state index in [0.717, 1.165) is 12.8 Å². The van der Waals surface area contributed by atoms with Crippen molar-refractivity contribution >= 4 is 34.8 Å². The fourth-order valence-electron chi connectivity index (χ4n) is 2.33. The summed E-state index contributed by atoms with van der Waals surface area (Å²) in [5.41, 5.74) is 0.599. The molecule has 0 aromatic heterocycles. The van der Waals surface area contributed by atoms with Gasteiger partial charge >= 0.3 is 0 Å². The molecule has 1 amide bonds. The van der Waals surface area contributed by atoms with E-state index in [4.69, 9.17) is 23.2 Å². The predicted octanol–water partition coefficient (Wildman–Crippen LogP) is 3.85. The SMILES string of the molecule is O=C(CNC1CCCCC1)Nc1ccc(Cl)cc1Cl. The van der Waals surface area contributed by atoms with Gasteiger partial charge in [-0.3, -0.25) is 4.79 Å². The number of hydrogen-bond donors (Lipinski definition) is 2. The highest BCUT2D eigenvalue weighted by atomic mass is 35.5. The number of carbonyl (C=O) groups excluding carboxylic acids is 1. The van der Waals surface area contributed by atoms with Crippen LogP contribution in [-0.2, 0) is 4.79 Å². The number of amides is 1. The Labute approximate surface area is 123 Å². The average Bonchev–Trinajstić information content (AvgIpc) is 2.41. The molecule has 2 N–H and O–H groups in total. The summed E-state index contributed by atoms with van der Waals surface area (Å²) in [6.07, 6.45) is 6.14. The zero-order chi connectivity index (χ0) is 13.7. The van der Waals surface area contributed by atoms with Gasteiger partial charge in [0.1, 0.15) is 0 Å². The van der Waals surface area contributed by atoms with Crippen molar-refractivity contribution < 1.29 is 4.79 Å². The second-order valence-corrected chi connectivity index (χ2v) is 5.73. The van der Waals surface area contributed by atoms with Gasteiger partial charge in [0.15, 0.2) is 0 Å². The van der Waals surface area contributed by atoms with Gasteiger partial charge in [0.25, 0.3) is 0 Å². The fourth-order valence-corrected chi connectivity index (χ4v) is 2.78. The molecule has 0 spiro atoms. The fraction of sp³-hybridized carbons (Fsp3) is 0.500. The van der Waals surface area contributed by atoms with Crippen LogP contribution in [0.4, 0.5) is 5.69 Å². The van der Waals surface area contributed by atoms with Crippen LogP contribution in [0.5, 0.6) is 0 Å². The van der Waals surface area contributed by atoms with E-state index in [1.165, 1.54) is 19.3 Å². The number of halogens is 2. The molecule has 1 aromatic carbocycles. The predicted molar refractivity (Wildman–Crippen MR) is 80.0 cm³/mol. The van der Waals surface area contributed by atoms with Crippen LogP contribution in [0.15, 0.2) is 18.2 Å². The summed E-state index contributed by atoms with van der Waals surface area (Å²) in [6.45, 7) is 0.323. The van der Waals surface area contributed by atoms with Crippen molar-refractivity contribution in [1.29, 1.82) is 0 Å². The molecule has 1 aliphatic rings. The third-order valence-electron chi connectivity index (χ3n) is 3.36. The normalized spacial score (nSPS) is 16.3. The number of nitrogens with one attached hydrogen (secondary N) is 2.